The molecule has 0 aliphatic heterocycles. The lowest BCUT2D eigenvalue weighted by Gasteiger charge is -2.17. The number of hydrogen-bond acceptors (Lipinski definition) is 3. The maximum absolute atomic E-state index is 11.9. The van der Waals surface area contributed by atoms with Gasteiger partial charge in [0.25, 0.3) is 10.2 Å². The van der Waals surface area contributed by atoms with E-state index in [4.69, 9.17) is 5.11 Å². The number of carboxylic acids is 1. The maximum Gasteiger partial charge on any atom is 0.335 e. The second-order valence-corrected chi connectivity index (χ2v) is 6.65. The Morgan fingerprint density at radius 1 is 1.33 bits per heavy atom. The maximum atomic E-state index is 11.9. The van der Waals surface area contributed by atoms with Gasteiger partial charge in [0.1, 0.15) is 0 Å². The van der Waals surface area contributed by atoms with E-state index in [0.717, 1.165) is 12.8 Å². The zero-order valence-electron chi connectivity index (χ0n) is 12.4. The molecule has 0 aliphatic rings. The van der Waals surface area contributed by atoms with Crippen LogP contribution in [0.1, 0.15) is 35.7 Å². The SMILES string of the molecule is CCCCN(C)S(=O)(=O)NCCc1ccccc1C(=O)O. The topological polar surface area (TPSA) is 86.7 Å². The van der Waals surface area contributed by atoms with Gasteiger partial charge in [-0.1, -0.05) is 31.5 Å². The molecular weight excluding hydrogens is 292 g/mol. The molecule has 21 heavy (non-hydrogen) atoms. The van der Waals surface area contributed by atoms with Crippen LogP contribution >= 0.6 is 0 Å². The second-order valence-electron chi connectivity index (χ2n) is 4.79. The molecule has 0 radical (unpaired) electrons. The van der Waals surface area contributed by atoms with Crippen LogP contribution in [0.3, 0.4) is 0 Å². The molecule has 0 fully saturated rings. The minimum absolute atomic E-state index is 0.170. The summed E-state index contributed by atoms with van der Waals surface area (Å²) in [5.74, 6) is -1.01. The van der Waals surface area contributed by atoms with Crippen LogP contribution < -0.4 is 4.72 Å². The van der Waals surface area contributed by atoms with E-state index in [1.807, 2.05) is 6.92 Å². The van der Waals surface area contributed by atoms with Crippen LogP contribution in [-0.2, 0) is 16.6 Å². The third-order valence-corrected chi connectivity index (χ3v) is 4.74. The van der Waals surface area contributed by atoms with Crippen molar-refractivity contribution in [1.29, 1.82) is 0 Å². The van der Waals surface area contributed by atoms with Crippen LogP contribution in [-0.4, -0.2) is 43.9 Å². The fraction of sp³-hybridized carbons (Fsp3) is 0.500. The molecule has 0 aliphatic carbocycles. The van der Waals surface area contributed by atoms with Gasteiger partial charge in [-0.25, -0.2) is 9.52 Å². The normalized spacial score (nSPS) is 11.8. The molecule has 118 valence electrons. The summed E-state index contributed by atoms with van der Waals surface area (Å²) in [4.78, 5) is 11.1. The Labute approximate surface area is 126 Å². The zero-order valence-corrected chi connectivity index (χ0v) is 13.2. The van der Waals surface area contributed by atoms with Crippen LogP contribution in [0.25, 0.3) is 0 Å². The zero-order chi connectivity index (χ0) is 15.9. The van der Waals surface area contributed by atoms with E-state index in [9.17, 15) is 13.2 Å². The second kappa shape index (κ2) is 8.11. The van der Waals surface area contributed by atoms with Crippen molar-refractivity contribution >= 4 is 16.2 Å². The van der Waals surface area contributed by atoms with Crippen molar-refractivity contribution in [3.8, 4) is 0 Å². The molecule has 0 spiro atoms. The van der Waals surface area contributed by atoms with Crippen molar-refractivity contribution in [3.63, 3.8) is 0 Å². The van der Waals surface area contributed by atoms with Gasteiger partial charge in [-0.2, -0.15) is 12.7 Å². The minimum Gasteiger partial charge on any atom is -0.478 e. The predicted octanol–water partition coefficient (Wildman–Crippen LogP) is 1.49. The molecule has 1 rings (SSSR count). The van der Waals surface area contributed by atoms with E-state index in [-0.39, 0.29) is 12.1 Å². The summed E-state index contributed by atoms with van der Waals surface area (Å²) >= 11 is 0. The number of benzene rings is 1. The molecule has 0 aromatic heterocycles. The molecule has 0 bridgehead atoms. The summed E-state index contributed by atoms with van der Waals surface area (Å²) in [6.45, 7) is 2.64. The minimum atomic E-state index is -3.50. The van der Waals surface area contributed by atoms with Crippen LogP contribution in [0.5, 0.6) is 0 Å². The largest absolute Gasteiger partial charge is 0.478 e. The smallest absolute Gasteiger partial charge is 0.335 e. The number of hydrogen-bond donors (Lipinski definition) is 2. The Morgan fingerprint density at radius 3 is 2.62 bits per heavy atom. The molecule has 7 heteroatoms. The number of carboxylic acid groups (broad SMARTS) is 1. The fourth-order valence-corrected chi connectivity index (χ4v) is 2.82. The molecule has 0 saturated carbocycles. The van der Waals surface area contributed by atoms with Gasteiger partial charge >= 0.3 is 5.97 Å². The highest BCUT2D eigenvalue weighted by Crippen LogP contribution is 2.09. The van der Waals surface area contributed by atoms with Gasteiger partial charge in [0.05, 0.1) is 5.56 Å². The van der Waals surface area contributed by atoms with E-state index in [1.165, 1.54) is 17.4 Å². The standard InChI is InChI=1S/C14H22N2O4S/c1-3-4-11-16(2)21(19,20)15-10-9-12-7-5-6-8-13(12)14(17)18/h5-8,15H,3-4,9-11H2,1-2H3,(H,17,18). The lowest BCUT2D eigenvalue weighted by Crippen LogP contribution is -2.39. The van der Waals surface area contributed by atoms with Crippen molar-refractivity contribution in [2.24, 2.45) is 0 Å². The van der Waals surface area contributed by atoms with Gasteiger partial charge in [0.15, 0.2) is 0 Å². The quantitative estimate of drug-likeness (QED) is 0.723. The van der Waals surface area contributed by atoms with Gasteiger partial charge in [0.2, 0.25) is 0 Å². The highest BCUT2D eigenvalue weighted by molar-refractivity contribution is 7.87. The van der Waals surface area contributed by atoms with E-state index in [2.05, 4.69) is 4.72 Å². The first-order chi connectivity index (χ1) is 9.88. The Kier molecular flexibility index (Phi) is 6.80. The van der Waals surface area contributed by atoms with Crippen LogP contribution in [0.4, 0.5) is 0 Å². The molecule has 1 aromatic carbocycles. The van der Waals surface area contributed by atoms with Gasteiger partial charge in [-0.05, 0) is 24.5 Å². The summed E-state index contributed by atoms with van der Waals surface area (Å²) in [5, 5.41) is 9.06. The highest BCUT2D eigenvalue weighted by Gasteiger charge is 2.16. The first kappa shape index (κ1) is 17.6. The molecule has 0 amide bonds. The number of carbonyl (C=O) groups is 1. The van der Waals surface area contributed by atoms with Crippen molar-refractivity contribution < 1.29 is 18.3 Å². The van der Waals surface area contributed by atoms with Crippen LogP contribution in [0, 0.1) is 0 Å². The van der Waals surface area contributed by atoms with Crippen molar-refractivity contribution in [2.45, 2.75) is 26.2 Å². The Hall–Kier alpha value is -1.44. The predicted molar refractivity (Wildman–Crippen MR) is 81.6 cm³/mol. The monoisotopic (exact) mass is 314 g/mol. The van der Waals surface area contributed by atoms with Gasteiger partial charge in [-0.15, -0.1) is 0 Å². The summed E-state index contributed by atoms with van der Waals surface area (Å²) in [6.07, 6.45) is 2.06. The van der Waals surface area contributed by atoms with Gasteiger partial charge < -0.3 is 5.11 Å². The number of rotatable bonds is 9. The lowest BCUT2D eigenvalue weighted by molar-refractivity contribution is 0.0695. The Balaban J connectivity index is 2.59. The molecule has 1 aromatic rings. The van der Waals surface area contributed by atoms with Gasteiger partial charge in [-0.3, -0.25) is 0 Å². The summed E-state index contributed by atoms with van der Waals surface area (Å²) < 4.78 is 27.7. The highest BCUT2D eigenvalue weighted by atomic mass is 32.2. The van der Waals surface area contributed by atoms with E-state index >= 15 is 0 Å². The third-order valence-electron chi connectivity index (χ3n) is 3.16. The molecule has 2 N–H and O–H groups in total. The van der Waals surface area contributed by atoms with E-state index < -0.39 is 16.2 Å². The summed E-state index contributed by atoms with van der Waals surface area (Å²) in [7, 11) is -1.97. The average molecular weight is 314 g/mol. The molecule has 0 atom stereocenters. The third kappa shape index (κ3) is 5.45. The summed E-state index contributed by atoms with van der Waals surface area (Å²) in [5.41, 5.74) is 0.819. The Morgan fingerprint density at radius 2 is 2.00 bits per heavy atom. The molecule has 0 heterocycles. The number of aromatic carboxylic acids is 1. The molecule has 0 saturated heterocycles. The van der Waals surface area contributed by atoms with Crippen molar-refractivity contribution in [3.05, 3.63) is 35.4 Å². The first-order valence-corrected chi connectivity index (χ1v) is 8.34. The van der Waals surface area contributed by atoms with Gasteiger partial charge in [0, 0.05) is 20.1 Å². The Bertz CT molecular complexity index is 572. The number of nitrogens with zero attached hydrogens (tertiary/aromatic N) is 1. The average Bonchev–Trinajstić information content (AvgIpc) is 2.44. The molecule has 0 unspecified atom stereocenters. The molecular formula is C14H22N2O4S. The number of unbranched alkanes of at least 4 members (excludes halogenated alkanes) is 1. The summed E-state index contributed by atoms with van der Waals surface area (Å²) in [6, 6.07) is 6.59. The van der Waals surface area contributed by atoms with Crippen molar-refractivity contribution in [1.82, 2.24) is 9.03 Å². The fourth-order valence-electron chi connectivity index (χ4n) is 1.87. The number of nitrogens with one attached hydrogen (secondary N) is 1. The van der Waals surface area contributed by atoms with E-state index in [1.54, 1.807) is 18.2 Å². The van der Waals surface area contributed by atoms with Crippen LogP contribution in [0.15, 0.2) is 24.3 Å². The van der Waals surface area contributed by atoms with Crippen LogP contribution in [0.2, 0.25) is 0 Å². The molecule has 6 nitrogen and oxygen atoms in total. The first-order valence-electron chi connectivity index (χ1n) is 6.90. The van der Waals surface area contributed by atoms with E-state index in [0.29, 0.717) is 18.5 Å². The van der Waals surface area contributed by atoms with Crippen molar-refractivity contribution in [2.75, 3.05) is 20.1 Å². The lowest BCUT2D eigenvalue weighted by atomic mass is 10.1.